The topological polar surface area (TPSA) is 20.2 Å². The van der Waals surface area contributed by atoms with Crippen molar-refractivity contribution in [3.05, 3.63) is 34.4 Å². The van der Waals surface area contributed by atoms with Gasteiger partial charge in [-0.05, 0) is 67.2 Å². The summed E-state index contributed by atoms with van der Waals surface area (Å²) in [6.45, 7) is 0. The fourth-order valence-corrected chi connectivity index (χ4v) is 3.12. The van der Waals surface area contributed by atoms with Crippen LogP contribution in [-0.4, -0.2) is 11.2 Å². The van der Waals surface area contributed by atoms with Crippen molar-refractivity contribution in [2.45, 2.75) is 51.0 Å². The van der Waals surface area contributed by atoms with Crippen molar-refractivity contribution in [2.24, 2.45) is 0 Å². The molecule has 1 atom stereocenters. The highest BCUT2D eigenvalue weighted by Gasteiger charge is 2.21. The van der Waals surface area contributed by atoms with E-state index in [1.807, 2.05) is 0 Å². The minimum Gasteiger partial charge on any atom is -0.393 e. The number of fused-ring (bicyclic) bond motifs is 3. The normalized spacial score (nSPS) is 24.5. The summed E-state index contributed by atoms with van der Waals surface area (Å²) in [6.07, 6.45) is 8.09. The summed E-state index contributed by atoms with van der Waals surface area (Å²) in [5, 5.41) is 9.66. The van der Waals surface area contributed by atoms with Crippen LogP contribution in [0.15, 0.2) is 12.1 Å². The molecular weight excluding hydrogens is 184 g/mol. The highest BCUT2D eigenvalue weighted by molar-refractivity contribution is 5.44. The van der Waals surface area contributed by atoms with Crippen LogP contribution in [0.1, 0.15) is 41.5 Å². The lowest BCUT2D eigenvalue weighted by Crippen LogP contribution is -2.21. The Morgan fingerprint density at radius 1 is 0.933 bits per heavy atom. The van der Waals surface area contributed by atoms with Crippen molar-refractivity contribution in [2.75, 3.05) is 0 Å². The molecule has 1 unspecified atom stereocenters. The monoisotopic (exact) mass is 202 g/mol. The van der Waals surface area contributed by atoms with Gasteiger partial charge in [0, 0.05) is 0 Å². The van der Waals surface area contributed by atoms with Crippen molar-refractivity contribution < 1.29 is 5.11 Å². The minimum atomic E-state index is -0.0980. The molecule has 0 fully saturated rings. The fraction of sp³-hybridized carbons (Fsp3) is 0.571. The zero-order valence-electron chi connectivity index (χ0n) is 9.13. The van der Waals surface area contributed by atoms with Gasteiger partial charge in [-0.1, -0.05) is 12.1 Å². The molecule has 0 amide bonds. The molecule has 0 aliphatic heterocycles. The third-order valence-corrected chi connectivity index (χ3v) is 3.93. The smallest absolute Gasteiger partial charge is 0.0583 e. The van der Waals surface area contributed by atoms with Crippen LogP contribution in [0.5, 0.6) is 0 Å². The lowest BCUT2D eigenvalue weighted by atomic mass is 9.80. The van der Waals surface area contributed by atoms with Crippen molar-refractivity contribution in [3.63, 3.8) is 0 Å². The molecule has 1 heteroatoms. The maximum absolute atomic E-state index is 9.66. The van der Waals surface area contributed by atoms with Gasteiger partial charge in [0.15, 0.2) is 0 Å². The van der Waals surface area contributed by atoms with E-state index in [0.29, 0.717) is 0 Å². The summed E-state index contributed by atoms with van der Waals surface area (Å²) in [7, 11) is 0. The van der Waals surface area contributed by atoms with E-state index in [1.165, 1.54) is 31.2 Å². The Hall–Kier alpha value is -0.820. The van der Waals surface area contributed by atoms with Gasteiger partial charge in [-0.2, -0.15) is 0 Å². The largest absolute Gasteiger partial charge is 0.393 e. The molecule has 0 bridgehead atoms. The number of aliphatic hydroxyl groups is 1. The van der Waals surface area contributed by atoms with Gasteiger partial charge in [0.1, 0.15) is 0 Å². The molecule has 1 aromatic rings. The molecule has 0 heterocycles. The first-order chi connectivity index (χ1) is 7.34. The first kappa shape index (κ1) is 9.41. The first-order valence-electron chi connectivity index (χ1n) is 6.15. The summed E-state index contributed by atoms with van der Waals surface area (Å²) >= 11 is 0. The lowest BCUT2D eigenvalue weighted by molar-refractivity contribution is 0.158. The quantitative estimate of drug-likeness (QED) is 0.685. The molecular formula is C14H18O. The number of benzene rings is 1. The van der Waals surface area contributed by atoms with E-state index in [4.69, 9.17) is 0 Å². The maximum Gasteiger partial charge on any atom is 0.0583 e. The van der Waals surface area contributed by atoms with Crippen molar-refractivity contribution >= 4 is 0 Å². The zero-order valence-corrected chi connectivity index (χ0v) is 9.13. The molecule has 1 nitrogen and oxygen atoms in total. The average molecular weight is 202 g/mol. The van der Waals surface area contributed by atoms with E-state index in [0.717, 1.165) is 19.3 Å². The zero-order chi connectivity index (χ0) is 10.3. The van der Waals surface area contributed by atoms with E-state index < -0.39 is 0 Å². The van der Waals surface area contributed by atoms with Crippen LogP contribution in [0.3, 0.4) is 0 Å². The maximum atomic E-state index is 9.66. The second-order valence-electron chi connectivity index (χ2n) is 4.94. The Balaban J connectivity index is 2.07. The molecule has 0 saturated carbocycles. The van der Waals surface area contributed by atoms with E-state index in [-0.39, 0.29) is 6.10 Å². The predicted octanol–water partition coefficient (Wildman–Crippen LogP) is 2.42. The van der Waals surface area contributed by atoms with E-state index in [2.05, 4.69) is 12.1 Å². The summed E-state index contributed by atoms with van der Waals surface area (Å²) < 4.78 is 0. The van der Waals surface area contributed by atoms with Crippen LogP contribution < -0.4 is 0 Å². The summed E-state index contributed by atoms with van der Waals surface area (Å²) in [6, 6.07) is 4.55. The predicted molar refractivity (Wildman–Crippen MR) is 61.1 cm³/mol. The van der Waals surface area contributed by atoms with Crippen LogP contribution in [0, 0.1) is 0 Å². The summed E-state index contributed by atoms with van der Waals surface area (Å²) in [5.41, 5.74) is 6.20. The molecule has 1 N–H and O–H groups in total. The molecule has 80 valence electrons. The highest BCUT2D eigenvalue weighted by Crippen LogP contribution is 2.31. The second-order valence-corrected chi connectivity index (χ2v) is 4.94. The van der Waals surface area contributed by atoms with Gasteiger partial charge in [-0.15, -0.1) is 0 Å². The van der Waals surface area contributed by atoms with Crippen LogP contribution in [-0.2, 0) is 25.7 Å². The average Bonchev–Trinajstić information content (AvgIpc) is 2.28. The van der Waals surface area contributed by atoms with E-state index in [9.17, 15) is 5.11 Å². The standard InChI is InChI=1S/C14H18O/c15-12-7-8-14-11(9-12)6-5-10-3-1-2-4-13(10)14/h5-6,12,15H,1-4,7-9H2. The van der Waals surface area contributed by atoms with E-state index in [1.54, 1.807) is 16.7 Å². The molecule has 0 saturated heterocycles. The second kappa shape index (κ2) is 3.64. The lowest BCUT2D eigenvalue weighted by Gasteiger charge is -2.27. The molecule has 3 rings (SSSR count). The Morgan fingerprint density at radius 2 is 1.67 bits per heavy atom. The Kier molecular flexibility index (Phi) is 2.28. The van der Waals surface area contributed by atoms with Gasteiger partial charge in [0.05, 0.1) is 6.10 Å². The molecule has 2 aliphatic rings. The molecule has 2 aliphatic carbocycles. The van der Waals surface area contributed by atoms with Gasteiger partial charge >= 0.3 is 0 Å². The van der Waals surface area contributed by atoms with Crippen LogP contribution in [0.2, 0.25) is 0 Å². The van der Waals surface area contributed by atoms with Gasteiger partial charge in [-0.25, -0.2) is 0 Å². The number of hydrogen-bond donors (Lipinski definition) is 1. The molecule has 0 spiro atoms. The number of aryl methyl sites for hydroxylation is 1. The third-order valence-electron chi connectivity index (χ3n) is 3.93. The van der Waals surface area contributed by atoms with Gasteiger partial charge in [0.25, 0.3) is 0 Å². The van der Waals surface area contributed by atoms with Gasteiger partial charge in [0.2, 0.25) is 0 Å². The summed E-state index contributed by atoms with van der Waals surface area (Å²) in [4.78, 5) is 0. The highest BCUT2D eigenvalue weighted by atomic mass is 16.3. The fourth-order valence-electron chi connectivity index (χ4n) is 3.12. The Bertz CT molecular complexity index is 381. The Labute approximate surface area is 91.1 Å². The SMILES string of the molecule is OC1CCc2c(ccc3c2CCCC3)C1. The first-order valence-corrected chi connectivity index (χ1v) is 6.15. The van der Waals surface area contributed by atoms with Crippen LogP contribution in [0.25, 0.3) is 0 Å². The van der Waals surface area contributed by atoms with Crippen molar-refractivity contribution in [1.29, 1.82) is 0 Å². The molecule has 1 aromatic carbocycles. The van der Waals surface area contributed by atoms with Crippen LogP contribution in [0.4, 0.5) is 0 Å². The van der Waals surface area contributed by atoms with E-state index >= 15 is 0 Å². The molecule has 15 heavy (non-hydrogen) atoms. The number of aliphatic hydroxyl groups excluding tert-OH is 1. The van der Waals surface area contributed by atoms with Crippen molar-refractivity contribution in [1.82, 2.24) is 0 Å². The third kappa shape index (κ3) is 1.59. The molecule has 0 radical (unpaired) electrons. The van der Waals surface area contributed by atoms with Crippen LogP contribution >= 0.6 is 0 Å². The Morgan fingerprint density at radius 3 is 2.60 bits per heavy atom. The summed E-state index contributed by atoms with van der Waals surface area (Å²) in [5.74, 6) is 0. The minimum absolute atomic E-state index is 0.0980. The number of hydrogen-bond acceptors (Lipinski definition) is 1. The molecule has 0 aromatic heterocycles. The van der Waals surface area contributed by atoms with Crippen molar-refractivity contribution in [3.8, 4) is 0 Å². The van der Waals surface area contributed by atoms with Gasteiger partial charge in [-0.3, -0.25) is 0 Å². The van der Waals surface area contributed by atoms with Gasteiger partial charge < -0.3 is 5.11 Å². The number of rotatable bonds is 0.